The van der Waals surface area contributed by atoms with Crippen LogP contribution in [-0.4, -0.2) is 10.1 Å². The summed E-state index contributed by atoms with van der Waals surface area (Å²) in [6.45, 7) is 0. The number of hydrogen-bond acceptors (Lipinski definition) is 4. The summed E-state index contributed by atoms with van der Waals surface area (Å²) >= 11 is 0. The number of aromatic nitrogens is 2. The van der Waals surface area contributed by atoms with Crippen LogP contribution in [0.15, 0.2) is 22.7 Å². The molecule has 1 aliphatic rings. The first kappa shape index (κ1) is 10.3. The zero-order valence-corrected chi connectivity index (χ0v) is 9.19. The van der Waals surface area contributed by atoms with Crippen molar-refractivity contribution in [2.45, 2.75) is 19.3 Å². The standard InChI is InChI=1S/C12H12FN3O/c13-8-3-4-10(14)9(6-8)12-15-11(16-17-12)5-7-1-2-7/h3-4,6-7H,1-2,5,14H2. The van der Waals surface area contributed by atoms with Crippen LogP contribution < -0.4 is 5.73 Å². The van der Waals surface area contributed by atoms with E-state index in [0.29, 0.717) is 23.0 Å². The molecule has 1 aliphatic carbocycles. The van der Waals surface area contributed by atoms with Crippen molar-refractivity contribution in [1.29, 1.82) is 0 Å². The Balaban J connectivity index is 1.91. The molecule has 3 rings (SSSR count). The minimum atomic E-state index is -0.365. The van der Waals surface area contributed by atoms with Crippen LogP contribution in [0.4, 0.5) is 10.1 Å². The Kier molecular flexibility index (Phi) is 2.31. The number of benzene rings is 1. The number of nitrogen functional groups attached to an aromatic ring is 1. The van der Waals surface area contributed by atoms with Crippen molar-refractivity contribution < 1.29 is 8.91 Å². The van der Waals surface area contributed by atoms with Crippen molar-refractivity contribution in [3.63, 3.8) is 0 Å². The van der Waals surface area contributed by atoms with Gasteiger partial charge in [0.1, 0.15) is 5.82 Å². The molecule has 0 saturated heterocycles. The van der Waals surface area contributed by atoms with Gasteiger partial charge >= 0.3 is 0 Å². The molecule has 0 atom stereocenters. The van der Waals surface area contributed by atoms with Crippen LogP contribution in [0.5, 0.6) is 0 Å². The average Bonchev–Trinajstić information content (AvgIpc) is 2.99. The van der Waals surface area contributed by atoms with Crippen LogP contribution in [0.3, 0.4) is 0 Å². The van der Waals surface area contributed by atoms with E-state index >= 15 is 0 Å². The van der Waals surface area contributed by atoms with Gasteiger partial charge in [-0.2, -0.15) is 4.98 Å². The third-order valence-electron chi connectivity index (χ3n) is 2.88. The second-order valence-corrected chi connectivity index (χ2v) is 4.39. The SMILES string of the molecule is Nc1ccc(F)cc1-c1nc(CC2CC2)no1. The van der Waals surface area contributed by atoms with Crippen molar-refractivity contribution >= 4 is 5.69 Å². The van der Waals surface area contributed by atoms with E-state index in [2.05, 4.69) is 10.1 Å². The van der Waals surface area contributed by atoms with E-state index in [4.69, 9.17) is 10.3 Å². The smallest absolute Gasteiger partial charge is 0.260 e. The van der Waals surface area contributed by atoms with Gasteiger partial charge in [0.2, 0.25) is 0 Å². The van der Waals surface area contributed by atoms with Crippen molar-refractivity contribution in [3.05, 3.63) is 29.8 Å². The highest BCUT2D eigenvalue weighted by Crippen LogP contribution is 2.32. The third-order valence-corrected chi connectivity index (χ3v) is 2.88. The molecule has 2 aromatic rings. The lowest BCUT2D eigenvalue weighted by molar-refractivity contribution is 0.421. The lowest BCUT2D eigenvalue weighted by atomic mass is 10.2. The minimum Gasteiger partial charge on any atom is -0.398 e. The van der Waals surface area contributed by atoms with Gasteiger partial charge < -0.3 is 10.3 Å². The lowest BCUT2D eigenvalue weighted by Gasteiger charge is -1.99. The topological polar surface area (TPSA) is 64.9 Å². The molecule has 1 fully saturated rings. The van der Waals surface area contributed by atoms with Gasteiger partial charge in [-0.25, -0.2) is 4.39 Å². The average molecular weight is 233 g/mol. The second-order valence-electron chi connectivity index (χ2n) is 4.39. The summed E-state index contributed by atoms with van der Waals surface area (Å²) in [5, 5.41) is 3.88. The van der Waals surface area contributed by atoms with Gasteiger partial charge in [-0.1, -0.05) is 5.16 Å². The molecular formula is C12H12FN3O. The molecule has 0 bridgehead atoms. The van der Waals surface area contributed by atoms with Crippen molar-refractivity contribution in [2.24, 2.45) is 5.92 Å². The van der Waals surface area contributed by atoms with Gasteiger partial charge in [0.05, 0.1) is 5.56 Å². The molecule has 88 valence electrons. The molecule has 17 heavy (non-hydrogen) atoms. The van der Waals surface area contributed by atoms with Crippen LogP contribution >= 0.6 is 0 Å². The highest BCUT2D eigenvalue weighted by molar-refractivity contribution is 5.70. The van der Waals surface area contributed by atoms with Crippen molar-refractivity contribution in [2.75, 3.05) is 5.73 Å². The fourth-order valence-corrected chi connectivity index (χ4v) is 1.74. The molecule has 1 heterocycles. The number of hydrogen-bond donors (Lipinski definition) is 1. The van der Waals surface area contributed by atoms with Gasteiger partial charge in [0.15, 0.2) is 5.82 Å². The van der Waals surface area contributed by atoms with Gasteiger partial charge in [-0.15, -0.1) is 0 Å². The summed E-state index contributed by atoms with van der Waals surface area (Å²) in [7, 11) is 0. The Morgan fingerprint density at radius 1 is 1.41 bits per heavy atom. The molecular weight excluding hydrogens is 221 g/mol. The maximum Gasteiger partial charge on any atom is 0.260 e. The molecule has 1 aromatic heterocycles. The maximum atomic E-state index is 13.1. The zero-order chi connectivity index (χ0) is 11.8. The molecule has 5 heteroatoms. The number of nitrogens with two attached hydrogens (primary N) is 1. The van der Waals surface area contributed by atoms with E-state index in [1.54, 1.807) is 0 Å². The van der Waals surface area contributed by atoms with Crippen LogP contribution in [0.25, 0.3) is 11.5 Å². The van der Waals surface area contributed by atoms with Crippen LogP contribution in [0, 0.1) is 11.7 Å². The summed E-state index contributed by atoms with van der Waals surface area (Å²) in [6, 6.07) is 4.11. The Morgan fingerprint density at radius 3 is 3.00 bits per heavy atom. The molecule has 0 spiro atoms. The fourth-order valence-electron chi connectivity index (χ4n) is 1.74. The van der Waals surface area contributed by atoms with Gasteiger partial charge in [0.25, 0.3) is 5.89 Å². The number of halogens is 1. The van der Waals surface area contributed by atoms with E-state index in [9.17, 15) is 4.39 Å². The van der Waals surface area contributed by atoms with Gasteiger partial charge in [-0.3, -0.25) is 0 Å². The first-order chi connectivity index (χ1) is 8.22. The van der Waals surface area contributed by atoms with Crippen molar-refractivity contribution in [3.8, 4) is 11.5 Å². The fraction of sp³-hybridized carbons (Fsp3) is 0.333. The molecule has 0 radical (unpaired) electrons. The zero-order valence-electron chi connectivity index (χ0n) is 9.19. The molecule has 4 nitrogen and oxygen atoms in total. The number of nitrogens with zero attached hydrogens (tertiary/aromatic N) is 2. The van der Waals surface area contributed by atoms with Crippen LogP contribution in [0.2, 0.25) is 0 Å². The largest absolute Gasteiger partial charge is 0.398 e. The Bertz CT molecular complexity index is 548. The van der Waals surface area contributed by atoms with Gasteiger partial charge in [-0.05, 0) is 37.0 Å². The number of rotatable bonds is 3. The highest BCUT2D eigenvalue weighted by atomic mass is 19.1. The summed E-state index contributed by atoms with van der Waals surface area (Å²) in [5.74, 6) is 1.28. The molecule has 0 unspecified atom stereocenters. The molecule has 1 saturated carbocycles. The maximum absolute atomic E-state index is 13.1. The van der Waals surface area contributed by atoms with Crippen LogP contribution in [-0.2, 0) is 6.42 Å². The highest BCUT2D eigenvalue weighted by Gasteiger charge is 2.24. The van der Waals surface area contributed by atoms with Crippen LogP contribution in [0.1, 0.15) is 18.7 Å². The van der Waals surface area contributed by atoms with E-state index in [0.717, 1.165) is 6.42 Å². The molecule has 0 amide bonds. The van der Waals surface area contributed by atoms with E-state index in [1.165, 1.54) is 31.0 Å². The quantitative estimate of drug-likeness (QED) is 0.827. The summed E-state index contributed by atoms with van der Waals surface area (Å²) < 4.78 is 18.2. The first-order valence-electron chi connectivity index (χ1n) is 5.60. The van der Waals surface area contributed by atoms with E-state index in [-0.39, 0.29) is 11.7 Å². The molecule has 1 aromatic carbocycles. The first-order valence-corrected chi connectivity index (χ1v) is 5.60. The minimum absolute atomic E-state index is 0.289. The van der Waals surface area contributed by atoms with E-state index in [1.807, 2.05) is 0 Å². The monoisotopic (exact) mass is 233 g/mol. The molecule has 0 aliphatic heterocycles. The summed E-state index contributed by atoms with van der Waals surface area (Å²) in [6.07, 6.45) is 3.29. The summed E-state index contributed by atoms with van der Waals surface area (Å²) in [5.41, 5.74) is 6.65. The molecule has 2 N–H and O–H groups in total. The van der Waals surface area contributed by atoms with Gasteiger partial charge in [0, 0.05) is 12.1 Å². The predicted octanol–water partition coefficient (Wildman–Crippen LogP) is 2.41. The normalized spacial score (nSPS) is 15.1. The van der Waals surface area contributed by atoms with Crippen molar-refractivity contribution in [1.82, 2.24) is 10.1 Å². The second kappa shape index (κ2) is 3.84. The lowest BCUT2D eigenvalue weighted by Crippen LogP contribution is -1.92. The third kappa shape index (κ3) is 2.13. The Labute approximate surface area is 97.6 Å². The summed E-state index contributed by atoms with van der Waals surface area (Å²) in [4.78, 5) is 4.24. The Hall–Kier alpha value is -1.91. The van der Waals surface area contributed by atoms with E-state index < -0.39 is 0 Å². The predicted molar refractivity (Wildman–Crippen MR) is 60.5 cm³/mol. The number of anilines is 1. The Morgan fingerprint density at radius 2 is 2.24 bits per heavy atom.